The summed E-state index contributed by atoms with van der Waals surface area (Å²) >= 11 is 0. The molecule has 0 bridgehead atoms. The van der Waals surface area contributed by atoms with E-state index < -0.39 is 15.9 Å². The second kappa shape index (κ2) is 10.2. The molecule has 4 rings (SSSR count). The number of para-hydroxylation sites is 2. The summed E-state index contributed by atoms with van der Waals surface area (Å²) in [6.07, 6.45) is 2.57. The van der Waals surface area contributed by atoms with E-state index in [-0.39, 0.29) is 16.2 Å². The molecule has 34 heavy (non-hydrogen) atoms. The number of rotatable bonds is 9. The van der Waals surface area contributed by atoms with Crippen LogP contribution in [-0.4, -0.2) is 30.4 Å². The quantitative estimate of drug-likeness (QED) is 0.296. The number of hydrogen-bond acceptors (Lipinski definition) is 6. The van der Waals surface area contributed by atoms with E-state index in [0.717, 1.165) is 24.1 Å². The fourth-order valence-electron chi connectivity index (χ4n) is 3.98. The van der Waals surface area contributed by atoms with Gasteiger partial charge in [-0.1, -0.05) is 49.7 Å². The van der Waals surface area contributed by atoms with Gasteiger partial charge in [0.25, 0.3) is 0 Å². The van der Waals surface area contributed by atoms with Gasteiger partial charge in [0.15, 0.2) is 15.7 Å². The Balaban J connectivity index is 1.89. The third kappa shape index (κ3) is 4.72. The molecule has 0 fully saturated rings. The van der Waals surface area contributed by atoms with Crippen LogP contribution in [0.3, 0.4) is 0 Å². The molecule has 3 aromatic rings. The molecule has 0 aliphatic carbocycles. The van der Waals surface area contributed by atoms with Crippen LogP contribution in [0.15, 0.2) is 71.6 Å². The van der Waals surface area contributed by atoms with Crippen molar-refractivity contribution < 1.29 is 18.5 Å². The van der Waals surface area contributed by atoms with Gasteiger partial charge in [-0.15, -0.1) is 0 Å². The van der Waals surface area contributed by atoms with Crippen LogP contribution in [0.1, 0.15) is 35.7 Å². The van der Waals surface area contributed by atoms with Crippen molar-refractivity contribution in [2.24, 2.45) is 0 Å². The largest absolute Gasteiger partial charge is 0.465 e. The van der Waals surface area contributed by atoms with Gasteiger partial charge in [-0.3, -0.25) is 4.31 Å². The zero-order valence-corrected chi connectivity index (χ0v) is 20.2. The number of ether oxygens (including phenoxy) is 2. The maximum Gasteiger partial charge on any atom is 0.337 e. The third-order valence-corrected chi connectivity index (χ3v) is 7.64. The smallest absolute Gasteiger partial charge is 0.337 e. The third-order valence-electron chi connectivity index (χ3n) is 5.74. The second-order valence-corrected chi connectivity index (χ2v) is 9.98. The van der Waals surface area contributed by atoms with Crippen LogP contribution in [0.25, 0.3) is 0 Å². The Bertz CT molecular complexity index is 1280. The summed E-state index contributed by atoms with van der Waals surface area (Å²) in [4.78, 5) is 12.6. The Morgan fingerprint density at radius 2 is 1.85 bits per heavy atom. The first-order chi connectivity index (χ1) is 16.5. The molecule has 0 aromatic heterocycles. The number of carbonyl (C=O) groups excluding carboxylic acids is 1. The average molecular weight is 480 g/mol. The molecular formula is C26H29N3O4S. The SMILES string of the molecule is CCCCNc1cc(C(=O)OC)cc(S(=N)(=O)N2CCc3ccccc32)c1Oc1ccccc1. The van der Waals surface area contributed by atoms with Crippen LogP contribution in [0.4, 0.5) is 11.4 Å². The van der Waals surface area contributed by atoms with E-state index in [2.05, 4.69) is 12.2 Å². The van der Waals surface area contributed by atoms with E-state index in [4.69, 9.17) is 14.3 Å². The number of esters is 1. The summed E-state index contributed by atoms with van der Waals surface area (Å²) in [6, 6.07) is 19.9. The maximum atomic E-state index is 14.2. The summed E-state index contributed by atoms with van der Waals surface area (Å²) in [5.74, 6) is 0.257. The predicted molar refractivity (Wildman–Crippen MR) is 134 cm³/mol. The summed E-state index contributed by atoms with van der Waals surface area (Å²) in [5.41, 5.74) is 2.52. The lowest BCUT2D eigenvalue weighted by atomic mass is 10.1. The lowest BCUT2D eigenvalue weighted by Gasteiger charge is -2.26. The molecule has 1 atom stereocenters. The Hall–Kier alpha value is -3.52. The van der Waals surface area contributed by atoms with Crippen molar-refractivity contribution >= 4 is 27.3 Å². The first kappa shape index (κ1) is 23.6. The molecule has 1 heterocycles. The number of fused-ring (bicyclic) bond motifs is 1. The molecule has 8 heteroatoms. The van der Waals surface area contributed by atoms with Crippen LogP contribution < -0.4 is 14.4 Å². The van der Waals surface area contributed by atoms with Crippen LogP contribution >= 0.6 is 0 Å². The van der Waals surface area contributed by atoms with Gasteiger partial charge < -0.3 is 14.8 Å². The van der Waals surface area contributed by atoms with Gasteiger partial charge in [-0.05, 0) is 48.7 Å². The van der Waals surface area contributed by atoms with E-state index in [0.29, 0.717) is 30.9 Å². The number of nitrogens with zero attached hydrogens (tertiary/aromatic N) is 1. The maximum absolute atomic E-state index is 14.2. The summed E-state index contributed by atoms with van der Waals surface area (Å²) in [7, 11) is -2.26. The van der Waals surface area contributed by atoms with Crippen LogP contribution in [-0.2, 0) is 21.1 Å². The summed E-state index contributed by atoms with van der Waals surface area (Å²) in [6.45, 7) is 3.16. The lowest BCUT2D eigenvalue weighted by Crippen LogP contribution is -2.29. The Labute approximate surface area is 200 Å². The highest BCUT2D eigenvalue weighted by Crippen LogP contribution is 2.42. The molecule has 1 aliphatic heterocycles. The van der Waals surface area contributed by atoms with Crippen molar-refractivity contribution in [3.63, 3.8) is 0 Å². The van der Waals surface area contributed by atoms with E-state index in [1.165, 1.54) is 13.2 Å². The fraction of sp³-hybridized carbons (Fsp3) is 0.269. The molecule has 0 saturated heterocycles. The molecule has 0 radical (unpaired) electrons. The predicted octanol–water partition coefficient (Wildman–Crippen LogP) is 5.86. The fourth-order valence-corrected chi connectivity index (χ4v) is 5.71. The van der Waals surface area contributed by atoms with E-state index in [9.17, 15) is 9.00 Å². The number of hydrogen-bond donors (Lipinski definition) is 2. The van der Waals surface area contributed by atoms with Crippen molar-refractivity contribution in [2.45, 2.75) is 31.1 Å². The molecule has 7 nitrogen and oxygen atoms in total. The van der Waals surface area contributed by atoms with Crippen molar-refractivity contribution in [1.82, 2.24) is 0 Å². The highest BCUT2D eigenvalue weighted by molar-refractivity contribution is 7.94. The Morgan fingerprint density at radius 3 is 2.59 bits per heavy atom. The molecule has 2 N–H and O–H groups in total. The zero-order valence-electron chi connectivity index (χ0n) is 19.4. The number of methoxy groups -OCH3 is 1. The summed E-state index contributed by atoms with van der Waals surface area (Å²) < 4.78 is 36.1. The highest BCUT2D eigenvalue weighted by atomic mass is 32.2. The molecule has 1 aliphatic rings. The molecule has 3 aromatic carbocycles. The van der Waals surface area contributed by atoms with Crippen molar-refractivity contribution in [3.05, 3.63) is 77.9 Å². The summed E-state index contributed by atoms with van der Waals surface area (Å²) in [5, 5.41) is 3.32. The number of carbonyl (C=O) groups is 1. The standard InChI is InChI=1S/C26H29N3O4S/c1-3-4-15-28-22-17-20(26(30)32-2)18-24(25(22)33-21-11-6-5-7-12-21)34(27,31)29-16-14-19-10-8-9-13-23(19)29/h5-13,17-18,27-28H,3-4,14-16H2,1-2H3. The van der Waals surface area contributed by atoms with Gasteiger partial charge in [0.1, 0.15) is 10.6 Å². The van der Waals surface area contributed by atoms with E-state index in [1.54, 1.807) is 22.5 Å². The minimum absolute atomic E-state index is 0.134. The number of nitrogens with one attached hydrogen (secondary N) is 2. The van der Waals surface area contributed by atoms with Crippen LogP contribution in [0.2, 0.25) is 0 Å². The average Bonchev–Trinajstić information content (AvgIpc) is 3.30. The Kier molecular flexibility index (Phi) is 7.07. The van der Waals surface area contributed by atoms with E-state index in [1.807, 2.05) is 42.5 Å². The highest BCUT2D eigenvalue weighted by Gasteiger charge is 2.32. The van der Waals surface area contributed by atoms with E-state index >= 15 is 0 Å². The molecular weight excluding hydrogens is 450 g/mol. The molecule has 0 amide bonds. The van der Waals surface area contributed by atoms with Gasteiger partial charge in [0, 0.05) is 13.1 Å². The van der Waals surface area contributed by atoms with Crippen LogP contribution in [0, 0.1) is 4.78 Å². The van der Waals surface area contributed by atoms with Crippen molar-refractivity contribution in [1.29, 1.82) is 4.78 Å². The topological polar surface area (TPSA) is 91.7 Å². The van der Waals surface area contributed by atoms with Gasteiger partial charge in [-0.2, -0.15) is 0 Å². The van der Waals surface area contributed by atoms with Gasteiger partial charge in [0.05, 0.1) is 24.0 Å². The molecule has 0 saturated carbocycles. The minimum atomic E-state index is -3.56. The monoisotopic (exact) mass is 479 g/mol. The zero-order chi connectivity index (χ0) is 24.1. The number of unbranched alkanes of at least 4 members (excludes halogenated alkanes) is 1. The minimum Gasteiger partial charge on any atom is -0.465 e. The first-order valence-electron chi connectivity index (χ1n) is 11.3. The van der Waals surface area contributed by atoms with Gasteiger partial charge >= 0.3 is 5.97 Å². The first-order valence-corrected chi connectivity index (χ1v) is 12.8. The molecule has 1 unspecified atom stereocenters. The molecule has 178 valence electrons. The Morgan fingerprint density at radius 1 is 1.12 bits per heavy atom. The van der Waals surface area contributed by atoms with Crippen LogP contribution in [0.5, 0.6) is 11.5 Å². The van der Waals surface area contributed by atoms with Gasteiger partial charge in [-0.25, -0.2) is 13.8 Å². The van der Waals surface area contributed by atoms with Crippen molar-refractivity contribution in [3.8, 4) is 11.5 Å². The number of benzene rings is 3. The lowest BCUT2D eigenvalue weighted by molar-refractivity contribution is 0.0600. The van der Waals surface area contributed by atoms with Gasteiger partial charge in [0.2, 0.25) is 0 Å². The molecule has 0 spiro atoms. The second-order valence-electron chi connectivity index (χ2n) is 8.04. The van der Waals surface area contributed by atoms with Crippen molar-refractivity contribution in [2.75, 3.05) is 29.8 Å². The normalized spacial score (nSPS) is 14.2. The number of anilines is 2.